The van der Waals surface area contributed by atoms with E-state index in [1.807, 2.05) is 0 Å². The number of carbonyl (C=O) groups excluding carboxylic acids is 3. The van der Waals surface area contributed by atoms with Crippen molar-refractivity contribution in [2.45, 2.75) is 24.9 Å². The molecule has 0 aliphatic heterocycles. The third-order valence-corrected chi connectivity index (χ3v) is 4.74. The van der Waals surface area contributed by atoms with Crippen LogP contribution in [-0.2, 0) is 23.9 Å². The number of hydrogen-bond donors (Lipinski definition) is 2. The zero-order valence-corrected chi connectivity index (χ0v) is 15.7. The fourth-order valence-corrected chi connectivity index (χ4v) is 3.57. The van der Waals surface area contributed by atoms with Crippen molar-refractivity contribution in [1.29, 1.82) is 0 Å². The van der Waals surface area contributed by atoms with E-state index in [2.05, 4.69) is 13.2 Å². The van der Waals surface area contributed by atoms with Gasteiger partial charge in [0, 0.05) is 12.3 Å². The van der Waals surface area contributed by atoms with Crippen LogP contribution in [0.2, 0.25) is 0 Å². The van der Waals surface area contributed by atoms with Crippen LogP contribution < -0.4 is 0 Å². The van der Waals surface area contributed by atoms with Gasteiger partial charge in [0.25, 0.3) is 0 Å². The lowest BCUT2D eigenvalue weighted by Gasteiger charge is -2.43. The van der Waals surface area contributed by atoms with E-state index >= 15 is 0 Å². The first-order valence-electron chi connectivity index (χ1n) is 8.82. The maximum absolute atomic E-state index is 12.8. The number of esters is 2. The lowest BCUT2D eigenvalue weighted by molar-refractivity contribution is -0.171. The smallest absolute Gasteiger partial charge is 0.317 e. The van der Waals surface area contributed by atoms with Crippen molar-refractivity contribution >= 4 is 17.7 Å². The van der Waals surface area contributed by atoms with Crippen LogP contribution in [0.4, 0.5) is 0 Å². The summed E-state index contributed by atoms with van der Waals surface area (Å²) in [5, 5.41) is 20.4. The molecule has 1 fully saturated rings. The number of hydrogen-bond acceptors (Lipinski definition) is 7. The molecular formula is C21H24O7. The predicted octanol–water partition coefficient (Wildman–Crippen LogP) is 1.89. The van der Waals surface area contributed by atoms with E-state index in [1.165, 1.54) is 43.3 Å². The fraction of sp³-hybridized carbons (Fsp3) is 0.381. The number of benzene rings is 1. The van der Waals surface area contributed by atoms with Crippen molar-refractivity contribution < 1.29 is 34.1 Å². The van der Waals surface area contributed by atoms with Gasteiger partial charge in [-0.15, -0.1) is 0 Å². The van der Waals surface area contributed by atoms with Gasteiger partial charge in [0.05, 0.1) is 11.5 Å². The number of aliphatic hydroxyl groups is 1. The van der Waals surface area contributed by atoms with E-state index < -0.39 is 47.5 Å². The average Bonchev–Trinajstić information content (AvgIpc) is 2.63. The Morgan fingerprint density at radius 2 is 1.68 bits per heavy atom. The second kappa shape index (κ2) is 8.84. The molecule has 7 nitrogen and oxygen atoms in total. The maximum Gasteiger partial charge on any atom is 0.317 e. The van der Waals surface area contributed by atoms with Gasteiger partial charge in [0.2, 0.25) is 0 Å². The summed E-state index contributed by atoms with van der Waals surface area (Å²) in [4.78, 5) is 38.1. The molecule has 1 aromatic rings. The lowest BCUT2D eigenvalue weighted by Crippen LogP contribution is -2.55. The molecule has 28 heavy (non-hydrogen) atoms. The van der Waals surface area contributed by atoms with Crippen molar-refractivity contribution in [2.24, 2.45) is 11.8 Å². The minimum Gasteiger partial charge on any atom is -0.508 e. The predicted molar refractivity (Wildman–Crippen MR) is 100 cm³/mol. The molecule has 0 spiro atoms. The molecule has 1 aliphatic rings. The highest BCUT2D eigenvalue weighted by Gasteiger charge is 2.57. The fourth-order valence-electron chi connectivity index (χ4n) is 3.57. The van der Waals surface area contributed by atoms with E-state index in [9.17, 15) is 24.6 Å². The molecule has 150 valence electrons. The number of ketones is 1. The molecule has 2 N–H and O–H groups in total. The first-order valence-corrected chi connectivity index (χ1v) is 8.82. The molecule has 0 radical (unpaired) electrons. The van der Waals surface area contributed by atoms with Crippen molar-refractivity contribution in [2.75, 3.05) is 13.2 Å². The molecule has 2 rings (SSSR count). The highest BCUT2D eigenvalue weighted by Crippen LogP contribution is 2.46. The van der Waals surface area contributed by atoms with E-state index in [1.54, 1.807) is 0 Å². The summed E-state index contributed by atoms with van der Waals surface area (Å²) < 4.78 is 10.2. The Balaban J connectivity index is 2.56. The molecule has 0 amide bonds. The summed E-state index contributed by atoms with van der Waals surface area (Å²) in [7, 11) is 0. The monoisotopic (exact) mass is 388 g/mol. The van der Waals surface area contributed by atoms with Crippen LogP contribution in [0.25, 0.3) is 0 Å². The van der Waals surface area contributed by atoms with E-state index in [0.29, 0.717) is 5.56 Å². The van der Waals surface area contributed by atoms with Crippen LogP contribution in [0.15, 0.2) is 49.6 Å². The molecule has 1 aromatic carbocycles. The molecule has 0 aromatic heterocycles. The Morgan fingerprint density at radius 1 is 1.14 bits per heavy atom. The third-order valence-electron chi connectivity index (χ3n) is 4.74. The molecule has 0 saturated heterocycles. The van der Waals surface area contributed by atoms with Gasteiger partial charge in [-0.25, -0.2) is 0 Å². The van der Waals surface area contributed by atoms with Crippen molar-refractivity contribution in [3.63, 3.8) is 0 Å². The van der Waals surface area contributed by atoms with E-state index in [0.717, 1.165) is 0 Å². The Hall–Kier alpha value is -2.93. The van der Waals surface area contributed by atoms with Gasteiger partial charge < -0.3 is 19.7 Å². The first kappa shape index (κ1) is 21.4. The largest absolute Gasteiger partial charge is 0.508 e. The van der Waals surface area contributed by atoms with Crippen LogP contribution in [0.5, 0.6) is 5.75 Å². The standard InChI is InChI=1S/C21H24O7/c1-4-10-27-19(24)17-15(23)12-21(3,26)18(20(25)28-11-5-2)16(17)13-6-8-14(22)9-7-13/h4-9,16-18,22,26H,1-2,10-12H2,3H3. The van der Waals surface area contributed by atoms with Gasteiger partial charge in [-0.2, -0.15) is 0 Å². The van der Waals surface area contributed by atoms with Crippen molar-refractivity contribution in [3.8, 4) is 5.75 Å². The lowest BCUT2D eigenvalue weighted by atomic mass is 9.61. The van der Waals surface area contributed by atoms with Gasteiger partial charge in [-0.3, -0.25) is 14.4 Å². The number of carbonyl (C=O) groups is 3. The Bertz CT molecular complexity index is 763. The highest BCUT2D eigenvalue weighted by atomic mass is 16.5. The number of aromatic hydroxyl groups is 1. The van der Waals surface area contributed by atoms with Crippen LogP contribution in [0, 0.1) is 11.8 Å². The zero-order chi connectivity index (χ0) is 20.9. The number of Topliss-reactive ketones (excluding diaryl/α,β-unsaturated/α-hetero) is 1. The van der Waals surface area contributed by atoms with Crippen LogP contribution in [0.1, 0.15) is 24.8 Å². The van der Waals surface area contributed by atoms with Gasteiger partial charge in [-0.1, -0.05) is 37.4 Å². The van der Waals surface area contributed by atoms with Gasteiger partial charge in [0.15, 0.2) is 5.78 Å². The van der Waals surface area contributed by atoms with Gasteiger partial charge >= 0.3 is 11.9 Å². The molecule has 4 unspecified atom stereocenters. The van der Waals surface area contributed by atoms with E-state index in [-0.39, 0.29) is 19.0 Å². The molecule has 0 bridgehead atoms. The third kappa shape index (κ3) is 4.48. The molecule has 1 aliphatic carbocycles. The second-order valence-corrected chi connectivity index (χ2v) is 6.91. The first-order chi connectivity index (χ1) is 13.2. The summed E-state index contributed by atoms with van der Waals surface area (Å²) >= 11 is 0. The minimum atomic E-state index is -1.73. The van der Waals surface area contributed by atoms with Crippen LogP contribution >= 0.6 is 0 Å². The van der Waals surface area contributed by atoms with Crippen LogP contribution in [0.3, 0.4) is 0 Å². The number of rotatable bonds is 7. The summed E-state index contributed by atoms with van der Waals surface area (Å²) in [6.45, 7) is 8.15. The SMILES string of the molecule is C=CCOC(=O)C1C(=O)CC(C)(O)C(C(=O)OCC=C)C1c1ccc(O)cc1. The van der Waals surface area contributed by atoms with Gasteiger partial charge in [0.1, 0.15) is 24.9 Å². The summed E-state index contributed by atoms with van der Waals surface area (Å²) in [5.41, 5.74) is -1.31. The Kier molecular flexibility index (Phi) is 6.75. The van der Waals surface area contributed by atoms with E-state index in [4.69, 9.17) is 9.47 Å². The number of phenolic OH excluding ortho intramolecular Hbond substituents is 1. The molecule has 1 saturated carbocycles. The quantitative estimate of drug-likeness (QED) is 0.417. The summed E-state index contributed by atoms with van der Waals surface area (Å²) in [6.07, 6.45) is 2.35. The molecule has 0 heterocycles. The number of ether oxygens (including phenoxy) is 2. The minimum absolute atomic E-state index is 0.0192. The van der Waals surface area contributed by atoms with Crippen LogP contribution in [-0.4, -0.2) is 46.7 Å². The molecule has 4 atom stereocenters. The Morgan fingerprint density at radius 3 is 2.21 bits per heavy atom. The summed E-state index contributed by atoms with van der Waals surface area (Å²) in [5.74, 6) is -5.63. The zero-order valence-electron chi connectivity index (χ0n) is 15.7. The van der Waals surface area contributed by atoms with Crippen molar-refractivity contribution in [3.05, 3.63) is 55.1 Å². The van der Waals surface area contributed by atoms with Crippen molar-refractivity contribution in [1.82, 2.24) is 0 Å². The molecular weight excluding hydrogens is 364 g/mol. The molecule has 7 heteroatoms. The topological polar surface area (TPSA) is 110 Å². The summed E-state index contributed by atoms with van der Waals surface area (Å²) in [6, 6.07) is 5.75. The number of phenols is 1. The van der Waals surface area contributed by atoms with Gasteiger partial charge in [-0.05, 0) is 24.6 Å². The maximum atomic E-state index is 12.8. The highest BCUT2D eigenvalue weighted by molar-refractivity contribution is 6.02. The normalized spacial score (nSPS) is 26.9. The second-order valence-electron chi connectivity index (χ2n) is 6.91. The average molecular weight is 388 g/mol. The Labute approximate surface area is 163 Å².